The van der Waals surface area contributed by atoms with Crippen LogP contribution in [0.4, 0.5) is 11.4 Å². The van der Waals surface area contributed by atoms with Crippen molar-refractivity contribution in [2.75, 3.05) is 11.5 Å². The molecular formula is C8H10N2O2. The van der Waals surface area contributed by atoms with E-state index in [4.69, 9.17) is 16.6 Å². The lowest BCUT2D eigenvalue weighted by molar-refractivity contribution is -0.136. The molecule has 0 fully saturated rings. The molecule has 4 heteroatoms. The zero-order chi connectivity index (χ0) is 9.14. The van der Waals surface area contributed by atoms with Crippen molar-refractivity contribution in [3.05, 3.63) is 23.8 Å². The van der Waals surface area contributed by atoms with Crippen LogP contribution in [0.25, 0.3) is 0 Å². The Kier molecular flexibility index (Phi) is 2.19. The number of carbonyl (C=O) groups is 1. The van der Waals surface area contributed by atoms with Crippen LogP contribution in [0.15, 0.2) is 18.2 Å². The second-order valence-corrected chi connectivity index (χ2v) is 2.49. The molecule has 0 aromatic heterocycles. The van der Waals surface area contributed by atoms with Crippen LogP contribution in [-0.2, 0) is 11.2 Å². The molecule has 0 saturated carbocycles. The van der Waals surface area contributed by atoms with E-state index in [1.54, 1.807) is 18.2 Å². The number of nitrogen functional groups attached to an aromatic ring is 2. The summed E-state index contributed by atoms with van der Waals surface area (Å²) in [5, 5.41) is 8.50. The van der Waals surface area contributed by atoms with Gasteiger partial charge < -0.3 is 16.6 Å². The smallest absolute Gasteiger partial charge is 0.307 e. The van der Waals surface area contributed by atoms with Gasteiger partial charge in [-0.15, -0.1) is 0 Å². The van der Waals surface area contributed by atoms with Crippen molar-refractivity contribution in [2.45, 2.75) is 6.42 Å². The van der Waals surface area contributed by atoms with Gasteiger partial charge in [0.15, 0.2) is 0 Å². The average Bonchev–Trinajstić information content (AvgIpc) is 1.97. The van der Waals surface area contributed by atoms with E-state index in [0.717, 1.165) is 0 Å². The lowest BCUT2D eigenvalue weighted by Crippen LogP contribution is -2.06. The van der Waals surface area contributed by atoms with Gasteiger partial charge in [0.2, 0.25) is 0 Å². The summed E-state index contributed by atoms with van der Waals surface area (Å²) in [6, 6.07) is 4.96. The molecular weight excluding hydrogens is 156 g/mol. The van der Waals surface area contributed by atoms with Crippen molar-refractivity contribution >= 4 is 17.3 Å². The van der Waals surface area contributed by atoms with Crippen molar-refractivity contribution in [3.63, 3.8) is 0 Å². The maximum atomic E-state index is 10.4. The Bertz CT molecular complexity index is 290. The normalized spacial score (nSPS) is 9.67. The fraction of sp³-hybridized carbons (Fsp3) is 0.125. The van der Waals surface area contributed by atoms with Crippen molar-refractivity contribution < 1.29 is 9.90 Å². The summed E-state index contributed by atoms with van der Waals surface area (Å²) >= 11 is 0. The molecule has 0 radical (unpaired) electrons. The first-order valence-electron chi connectivity index (χ1n) is 3.46. The van der Waals surface area contributed by atoms with Crippen LogP contribution in [0, 0.1) is 0 Å². The molecule has 5 N–H and O–H groups in total. The second kappa shape index (κ2) is 3.13. The van der Waals surface area contributed by atoms with E-state index in [0.29, 0.717) is 16.9 Å². The fourth-order valence-electron chi connectivity index (χ4n) is 0.979. The maximum absolute atomic E-state index is 10.4. The lowest BCUT2D eigenvalue weighted by atomic mass is 10.1. The van der Waals surface area contributed by atoms with Crippen LogP contribution in [-0.4, -0.2) is 11.1 Å². The number of benzene rings is 1. The van der Waals surface area contributed by atoms with Crippen molar-refractivity contribution in [3.8, 4) is 0 Å². The summed E-state index contributed by atoms with van der Waals surface area (Å²) in [4.78, 5) is 10.4. The molecule has 64 valence electrons. The van der Waals surface area contributed by atoms with Crippen LogP contribution in [0.1, 0.15) is 5.56 Å². The van der Waals surface area contributed by atoms with Crippen LogP contribution in [0.2, 0.25) is 0 Å². The van der Waals surface area contributed by atoms with Gasteiger partial charge in [-0.05, 0) is 12.1 Å². The summed E-state index contributed by atoms with van der Waals surface area (Å²) in [5.74, 6) is -0.931. The van der Waals surface area contributed by atoms with Gasteiger partial charge in [-0.1, -0.05) is 6.07 Å². The van der Waals surface area contributed by atoms with Crippen molar-refractivity contribution in [2.24, 2.45) is 0 Å². The van der Waals surface area contributed by atoms with Crippen molar-refractivity contribution in [1.29, 1.82) is 0 Å². The molecule has 0 aliphatic carbocycles. The van der Waals surface area contributed by atoms with Crippen LogP contribution < -0.4 is 11.5 Å². The van der Waals surface area contributed by atoms with E-state index in [1.807, 2.05) is 0 Å². The highest BCUT2D eigenvalue weighted by Gasteiger charge is 2.07. The Hall–Kier alpha value is -1.71. The molecule has 0 atom stereocenters. The first-order valence-corrected chi connectivity index (χ1v) is 3.46. The zero-order valence-corrected chi connectivity index (χ0v) is 6.45. The van der Waals surface area contributed by atoms with E-state index in [-0.39, 0.29) is 6.42 Å². The number of rotatable bonds is 2. The van der Waals surface area contributed by atoms with Gasteiger partial charge in [-0.2, -0.15) is 0 Å². The minimum absolute atomic E-state index is 0.126. The Morgan fingerprint density at radius 1 is 1.33 bits per heavy atom. The summed E-state index contributed by atoms with van der Waals surface area (Å²) in [6.07, 6.45) is -0.126. The molecule has 0 bridgehead atoms. The largest absolute Gasteiger partial charge is 0.481 e. The van der Waals surface area contributed by atoms with Crippen LogP contribution in [0.5, 0.6) is 0 Å². The fourth-order valence-corrected chi connectivity index (χ4v) is 0.979. The zero-order valence-electron chi connectivity index (χ0n) is 6.45. The molecule has 1 aromatic rings. The monoisotopic (exact) mass is 166 g/mol. The molecule has 1 aromatic carbocycles. The number of aliphatic carboxylic acids is 1. The van der Waals surface area contributed by atoms with E-state index < -0.39 is 5.97 Å². The molecule has 4 nitrogen and oxygen atoms in total. The quantitative estimate of drug-likeness (QED) is 0.557. The van der Waals surface area contributed by atoms with Gasteiger partial charge in [0, 0.05) is 16.9 Å². The average molecular weight is 166 g/mol. The third-order valence-electron chi connectivity index (χ3n) is 1.58. The summed E-state index contributed by atoms with van der Waals surface area (Å²) < 4.78 is 0. The van der Waals surface area contributed by atoms with E-state index >= 15 is 0 Å². The summed E-state index contributed by atoms with van der Waals surface area (Å²) in [7, 11) is 0. The molecule has 0 heterocycles. The van der Waals surface area contributed by atoms with Gasteiger partial charge in [-0.25, -0.2) is 0 Å². The maximum Gasteiger partial charge on any atom is 0.307 e. The van der Waals surface area contributed by atoms with Gasteiger partial charge in [-0.3, -0.25) is 4.79 Å². The van der Waals surface area contributed by atoms with Gasteiger partial charge in [0.1, 0.15) is 0 Å². The first-order chi connectivity index (χ1) is 5.61. The number of hydrogen-bond donors (Lipinski definition) is 3. The Balaban J connectivity index is 3.04. The third-order valence-corrected chi connectivity index (χ3v) is 1.58. The molecule has 0 spiro atoms. The highest BCUT2D eigenvalue weighted by atomic mass is 16.4. The predicted octanol–water partition coefficient (Wildman–Crippen LogP) is 0.478. The molecule has 0 aliphatic rings. The molecule has 12 heavy (non-hydrogen) atoms. The minimum Gasteiger partial charge on any atom is -0.481 e. The predicted molar refractivity (Wildman–Crippen MR) is 46.6 cm³/mol. The topological polar surface area (TPSA) is 89.3 Å². The van der Waals surface area contributed by atoms with E-state index in [1.165, 1.54) is 0 Å². The number of carboxylic acids is 1. The second-order valence-electron chi connectivity index (χ2n) is 2.49. The number of carboxylic acid groups (broad SMARTS) is 1. The van der Waals surface area contributed by atoms with Crippen LogP contribution >= 0.6 is 0 Å². The molecule has 0 unspecified atom stereocenters. The SMILES string of the molecule is Nc1cccc(N)c1CC(=O)O. The van der Waals surface area contributed by atoms with Crippen LogP contribution in [0.3, 0.4) is 0 Å². The third kappa shape index (κ3) is 1.66. The molecule has 0 saturated heterocycles. The standard InChI is InChI=1S/C8H10N2O2/c9-6-2-1-3-7(10)5(6)4-8(11)12/h1-3H,4,9-10H2,(H,11,12). The first kappa shape index (κ1) is 8.39. The molecule has 0 amide bonds. The Morgan fingerprint density at radius 2 is 1.83 bits per heavy atom. The number of hydrogen-bond acceptors (Lipinski definition) is 3. The number of nitrogens with two attached hydrogens (primary N) is 2. The van der Waals surface area contributed by atoms with Crippen molar-refractivity contribution in [1.82, 2.24) is 0 Å². The van der Waals surface area contributed by atoms with Gasteiger partial charge in [0.25, 0.3) is 0 Å². The van der Waals surface area contributed by atoms with Gasteiger partial charge >= 0.3 is 5.97 Å². The lowest BCUT2D eigenvalue weighted by Gasteiger charge is -2.05. The summed E-state index contributed by atoms with van der Waals surface area (Å²) in [6.45, 7) is 0. The van der Waals surface area contributed by atoms with E-state index in [2.05, 4.69) is 0 Å². The Morgan fingerprint density at radius 3 is 2.25 bits per heavy atom. The number of anilines is 2. The van der Waals surface area contributed by atoms with E-state index in [9.17, 15) is 4.79 Å². The van der Waals surface area contributed by atoms with Gasteiger partial charge in [0.05, 0.1) is 6.42 Å². The Labute approximate surface area is 69.8 Å². The molecule has 0 aliphatic heterocycles. The minimum atomic E-state index is -0.931. The highest BCUT2D eigenvalue weighted by Crippen LogP contribution is 2.19. The molecule has 1 rings (SSSR count). The summed E-state index contributed by atoms with van der Waals surface area (Å²) in [5.41, 5.74) is 12.4. The highest BCUT2D eigenvalue weighted by molar-refractivity contribution is 5.76.